The first-order valence-electron chi connectivity index (χ1n) is 8.05. The van der Waals surface area contributed by atoms with Gasteiger partial charge in [0, 0.05) is 24.9 Å². The maximum atomic E-state index is 12.2. The highest BCUT2D eigenvalue weighted by Gasteiger charge is 2.27. The van der Waals surface area contributed by atoms with Crippen LogP contribution in [0.15, 0.2) is 36.5 Å². The van der Waals surface area contributed by atoms with Gasteiger partial charge in [-0.05, 0) is 25.0 Å². The third kappa shape index (κ3) is 4.42. The summed E-state index contributed by atoms with van der Waals surface area (Å²) in [6, 6.07) is 7.50. The Morgan fingerprint density at radius 1 is 1.48 bits per heavy atom. The number of carbonyl (C=O) groups excluding carboxylic acids is 1. The van der Waals surface area contributed by atoms with Crippen molar-refractivity contribution in [1.82, 2.24) is 15.1 Å². The van der Waals surface area contributed by atoms with E-state index in [0.29, 0.717) is 5.69 Å². The molecular weight excluding hydrogens is 324 g/mol. The van der Waals surface area contributed by atoms with Crippen molar-refractivity contribution in [3.63, 3.8) is 0 Å². The Labute approximate surface area is 145 Å². The maximum absolute atomic E-state index is 12.2. The molecule has 0 saturated heterocycles. The Bertz CT molecular complexity index is 770. The van der Waals surface area contributed by atoms with Gasteiger partial charge in [-0.3, -0.25) is 14.9 Å². The number of nitrogens with one attached hydrogen (secondary N) is 1. The van der Waals surface area contributed by atoms with Gasteiger partial charge in [0.05, 0.1) is 16.2 Å². The molecule has 25 heavy (non-hydrogen) atoms. The maximum Gasteiger partial charge on any atom is 0.271 e. The van der Waals surface area contributed by atoms with Crippen molar-refractivity contribution >= 4 is 11.6 Å². The molecule has 0 aliphatic heterocycles. The fourth-order valence-electron chi connectivity index (χ4n) is 2.30. The molecule has 0 aliphatic carbocycles. The van der Waals surface area contributed by atoms with Gasteiger partial charge in [0.25, 0.3) is 11.6 Å². The van der Waals surface area contributed by atoms with Crippen molar-refractivity contribution in [1.29, 1.82) is 0 Å². The average molecular weight is 346 g/mol. The van der Waals surface area contributed by atoms with Crippen molar-refractivity contribution in [3.8, 4) is 5.69 Å². The smallest absolute Gasteiger partial charge is 0.271 e. The van der Waals surface area contributed by atoms with E-state index in [4.69, 9.17) is 0 Å². The van der Waals surface area contributed by atoms with E-state index in [0.717, 1.165) is 6.42 Å². The molecule has 2 atom stereocenters. The standard InChI is InChI=1S/C17H22N4O4/c1-4-12(2)17(3,23)11-18-16(22)15-8-9-20(19-15)13-6-5-7-14(10-13)21(24)25/h5-10,12,23H,4,11H2,1-3H3,(H,18,22). The molecule has 1 aromatic heterocycles. The predicted octanol–water partition coefficient (Wildman–Crippen LogP) is 2.31. The number of nitro benzene ring substituents is 1. The second-order valence-corrected chi connectivity index (χ2v) is 6.27. The van der Waals surface area contributed by atoms with E-state index in [2.05, 4.69) is 10.4 Å². The number of nitrogens with zero attached hydrogens (tertiary/aromatic N) is 3. The Balaban J connectivity index is 2.09. The van der Waals surface area contributed by atoms with Gasteiger partial charge in [-0.15, -0.1) is 0 Å². The first-order chi connectivity index (χ1) is 11.7. The average Bonchev–Trinajstić information content (AvgIpc) is 3.09. The first-order valence-corrected chi connectivity index (χ1v) is 8.05. The van der Waals surface area contributed by atoms with Gasteiger partial charge in [0.15, 0.2) is 5.69 Å². The zero-order valence-electron chi connectivity index (χ0n) is 14.5. The molecule has 8 nitrogen and oxygen atoms in total. The van der Waals surface area contributed by atoms with Gasteiger partial charge in [0.1, 0.15) is 0 Å². The van der Waals surface area contributed by atoms with Crippen LogP contribution in [0.1, 0.15) is 37.7 Å². The summed E-state index contributed by atoms with van der Waals surface area (Å²) in [7, 11) is 0. The summed E-state index contributed by atoms with van der Waals surface area (Å²) in [5.41, 5.74) is -0.401. The lowest BCUT2D eigenvalue weighted by Gasteiger charge is -2.29. The summed E-state index contributed by atoms with van der Waals surface area (Å²) >= 11 is 0. The first kappa shape index (κ1) is 18.6. The highest BCUT2D eigenvalue weighted by atomic mass is 16.6. The van der Waals surface area contributed by atoms with E-state index in [-0.39, 0.29) is 23.8 Å². The second-order valence-electron chi connectivity index (χ2n) is 6.27. The number of nitro groups is 1. The van der Waals surface area contributed by atoms with Crippen LogP contribution >= 0.6 is 0 Å². The highest BCUT2D eigenvalue weighted by molar-refractivity contribution is 5.92. The van der Waals surface area contributed by atoms with Crippen LogP contribution in [-0.4, -0.2) is 37.9 Å². The molecule has 0 radical (unpaired) electrons. The quantitative estimate of drug-likeness (QED) is 0.590. The third-order valence-electron chi connectivity index (χ3n) is 4.41. The van der Waals surface area contributed by atoms with Crippen LogP contribution in [0.3, 0.4) is 0 Å². The van der Waals surface area contributed by atoms with Crippen molar-refractivity contribution in [2.24, 2.45) is 5.92 Å². The minimum Gasteiger partial charge on any atom is -0.388 e. The number of rotatable bonds is 7. The molecule has 2 N–H and O–H groups in total. The summed E-state index contributed by atoms with van der Waals surface area (Å²) in [5.74, 6) is -0.372. The minimum absolute atomic E-state index is 0.0372. The fourth-order valence-corrected chi connectivity index (χ4v) is 2.30. The van der Waals surface area contributed by atoms with Crippen LogP contribution in [0.25, 0.3) is 5.69 Å². The Hall–Kier alpha value is -2.74. The highest BCUT2D eigenvalue weighted by Crippen LogP contribution is 2.19. The fraction of sp³-hybridized carbons (Fsp3) is 0.412. The van der Waals surface area contributed by atoms with Gasteiger partial charge in [-0.2, -0.15) is 5.10 Å². The summed E-state index contributed by atoms with van der Waals surface area (Å²) in [5, 5.41) is 28.0. The van der Waals surface area contributed by atoms with E-state index in [9.17, 15) is 20.0 Å². The lowest BCUT2D eigenvalue weighted by atomic mass is 9.88. The number of carbonyl (C=O) groups is 1. The van der Waals surface area contributed by atoms with E-state index < -0.39 is 16.4 Å². The molecule has 1 heterocycles. The van der Waals surface area contributed by atoms with E-state index in [1.54, 1.807) is 25.3 Å². The Morgan fingerprint density at radius 2 is 2.20 bits per heavy atom. The topological polar surface area (TPSA) is 110 Å². The second kappa shape index (κ2) is 7.43. The number of hydrogen-bond donors (Lipinski definition) is 2. The van der Waals surface area contributed by atoms with Crippen LogP contribution in [0, 0.1) is 16.0 Å². The van der Waals surface area contributed by atoms with Crippen LogP contribution in [0.2, 0.25) is 0 Å². The number of hydrogen-bond acceptors (Lipinski definition) is 5. The zero-order valence-corrected chi connectivity index (χ0v) is 14.5. The van der Waals surface area contributed by atoms with E-state index in [1.807, 2.05) is 13.8 Å². The minimum atomic E-state index is -1.01. The summed E-state index contributed by atoms with van der Waals surface area (Å²) in [4.78, 5) is 22.6. The molecule has 2 unspecified atom stereocenters. The van der Waals surface area contributed by atoms with Crippen molar-refractivity contribution in [3.05, 3.63) is 52.3 Å². The Morgan fingerprint density at radius 3 is 2.84 bits per heavy atom. The van der Waals surface area contributed by atoms with Crippen LogP contribution in [-0.2, 0) is 0 Å². The molecule has 0 aliphatic rings. The molecule has 0 saturated carbocycles. The van der Waals surface area contributed by atoms with Crippen LogP contribution in [0.5, 0.6) is 0 Å². The molecule has 0 fully saturated rings. The number of aromatic nitrogens is 2. The van der Waals surface area contributed by atoms with Gasteiger partial charge in [-0.1, -0.05) is 26.3 Å². The number of benzene rings is 1. The van der Waals surface area contributed by atoms with Crippen LogP contribution in [0.4, 0.5) is 5.69 Å². The van der Waals surface area contributed by atoms with Crippen LogP contribution < -0.4 is 5.32 Å². The third-order valence-corrected chi connectivity index (χ3v) is 4.41. The largest absolute Gasteiger partial charge is 0.388 e. The van der Waals surface area contributed by atoms with Gasteiger partial charge in [0.2, 0.25) is 0 Å². The SMILES string of the molecule is CCC(C)C(C)(O)CNC(=O)c1ccn(-c2cccc([N+](=O)[O-])c2)n1. The number of amides is 1. The van der Waals surface area contributed by atoms with Gasteiger partial charge in [-0.25, -0.2) is 4.68 Å². The number of non-ortho nitro benzene ring substituents is 1. The van der Waals surface area contributed by atoms with Gasteiger partial charge < -0.3 is 10.4 Å². The number of aliphatic hydroxyl groups is 1. The molecule has 8 heteroatoms. The predicted molar refractivity (Wildman–Crippen MR) is 92.6 cm³/mol. The zero-order chi connectivity index (χ0) is 18.6. The van der Waals surface area contributed by atoms with E-state index >= 15 is 0 Å². The molecule has 1 aromatic carbocycles. The molecule has 0 bridgehead atoms. The summed E-state index contributed by atoms with van der Waals surface area (Å²) in [6.45, 7) is 5.69. The normalized spacial score (nSPS) is 14.6. The summed E-state index contributed by atoms with van der Waals surface area (Å²) in [6.07, 6.45) is 2.35. The molecule has 2 rings (SSSR count). The summed E-state index contributed by atoms with van der Waals surface area (Å²) < 4.78 is 1.40. The van der Waals surface area contributed by atoms with Crippen molar-refractivity contribution in [2.75, 3.05) is 6.54 Å². The molecule has 1 amide bonds. The lowest BCUT2D eigenvalue weighted by molar-refractivity contribution is -0.384. The molecule has 2 aromatic rings. The lowest BCUT2D eigenvalue weighted by Crippen LogP contribution is -2.45. The van der Waals surface area contributed by atoms with Gasteiger partial charge >= 0.3 is 0 Å². The van der Waals surface area contributed by atoms with Crippen molar-refractivity contribution < 1.29 is 14.8 Å². The van der Waals surface area contributed by atoms with Crippen molar-refractivity contribution in [2.45, 2.75) is 32.8 Å². The molecule has 134 valence electrons. The molecular formula is C17H22N4O4. The van der Waals surface area contributed by atoms with E-state index in [1.165, 1.54) is 22.9 Å². The Kier molecular flexibility index (Phi) is 5.53. The molecule has 0 spiro atoms. The monoisotopic (exact) mass is 346 g/mol.